The standard InChI is InChI=1S/CH2O3.Al.H2O.Zn/c2-1(3)4;;;/h(H2,2,3,4);;1H2;/q;;;+2/p-3. The molecule has 0 rings (SSSR count). The molecule has 1 N–H and O–H groups in total. The molecular formula is CHAlO4Zn-. The molecule has 0 bridgehead atoms. The van der Waals surface area contributed by atoms with Crippen molar-refractivity contribution in [2.24, 2.45) is 0 Å². The number of rotatable bonds is 0. The molecule has 0 heterocycles. The Kier molecular flexibility index (Phi) is 60.6. The fraction of sp³-hybridized carbons (Fsp3) is 0. The summed E-state index contributed by atoms with van der Waals surface area (Å²) in [6, 6.07) is 0. The minimum absolute atomic E-state index is 0. The van der Waals surface area contributed by atoms with Crippen molar-refractivity contribution in [3.63, 3.8) is 0 Å². The molecule has 0 saturated heterocycles. The van der Waals surface area contributed by atoms with Gasteiger partial charge in [0, 0.05) is 17.4 Å². The van der Waals surface area contributed by atoms with E-state index in [2.05, 4.69) is 0 Å². The molecule has 0 saturated carbocycles. The van der Waals surface area contributed by atoms with Gasteiger partial charge in [0.2, 0.25) is 0 Å². The first-order valence-corrected chi connectivity index (χ1v) is 0.612. The maximum absolute atomic E-state index is 8.33. The maximum atomic E-state index is 8.33. The summed E-state index contributed by atoms with van der Waals surface area (Å²) in [6.45, 7) is 0. The maximum Gasteiger partial charge on any atom is 2.00 e. The third-order valence-electron chi connectivity index (χ3n) is 0. The van der Waals surface area contributed by atoms with E-state index < -0.39 is 6.16 Å². The number of hydrogen-bond acceptors (Lipinski definition) is 4. The molecule has 0 aromatic heterocycles. The molecular weight excluding hydrogens is 168 g/mol. The van der Waals surface area contributed by atoms with E-state index in [1.54, 1.807) is 0 Å². The molecule has 0 fully saturated rings. The predicted octanol–water partition coefficient (Wildman–Crippen LogP) is -3.01. The summed E-state index contributed by atoms with van der Waals surface area (Å²) in [5, 5.41) is 16.7. The van der Waals surface area contributed by atoms with E-state index >= 15 is 0 Å². The third-order valence-corrected chi connectivity index (χ3v) is 0. The van der Waals surface area contributed by atoms with Crippen LogP contribution in [0.15, 0.2) is 0 Å². The molecule has 0 aliphatic rings. The molecule has 0 aromatic rings. The van der Waals surface area contributed by atoms with E-state index in [-0.39, 0.29) is 42.3 Å². The van der Waals surface area contributed by atoms with Crippen LogP contribution < -0.4 is 10.2 Å². The van der Waals surface area contributed by atoms with Gasteiger partial charge >= 0.3 is 19.5 Å². The van der Waals surface area contributed by atoms with Gasteiger partial charge in [0.1, 0.15) is 0 Å². The smallest absolute Gasteiger partial charge is 0.870 e. The Labute approximate surface area is 63.7 Å². The molecule has 0 amide bonds. The van der Waals surface area contributed by atoms with Crippen molar-refractivity contribution in [3.05, 3.63) is 0 Å². The monoisotopic (exact) mass is 168 g/mol. The number of carbonyl (C=O) groups is 1. The van der Waals surface area contributed by atoms with Crippen molar-refractivity contribution in [1.82, 2.24) is 0 Å². The van der Waals surface area contributed by atoms with Crippen molar-refractivity contribution >= 4 is 23.5 Å². The molecule has 6 heteroatoms. The van der Waals surface area contributed by atoms with Gasteiger partial charge in [-0.3, -0.25) is 0 Å². The van der Waals surface area contributed by atoms with Gasteiger partial charge in [-0.2, -0.15) is 0 Å². The van der Waals surface area contributed by atoms with Gasteiger partial charge in [0.05, 0.1) is 0 Å². The van der Waals surface area contributed by atoms with E-state index in [1.807, 2.05) is 0 Å². The zero-order valence-electron chi connectivity index (χ0n) is 3.46. The Hall–Kier alpha value is 0.386. The van der Waals surface area contributed by atoms with Gasteiger partial charge in [-0.25, -0.2) is 0 Å². The van der Waals surface area contributed by atoms with E-state index in [4.69, 9.17) is 15.0 Å². The van der Waals surface area contributed by atoms with Gasteiger partial charge in [-0.15, -0.1) is 0 Å². The quantitative estimate of drug-likeness (QED) is 0.361. The van der Waals surface area contributed by atoms with Gasteiger partial charge in [0.25, 0.3) is 0 Å². The molecule has 0 unspecified atom stereocenters. The van der Waals surface area contributed by atoms with Crippen molar-refractivity contribution in [3.8, 4) is 0 Å². The Bertz CT molecular complexity index is 34.7. The minimum atomic E-state index is -2.33. The largest absolute Gasteiger partial charge is 2.00 e. The summed E-state index contributed by atoms with van der Waals surface area (Å²) in [5.41, 5.74) is 0. The summed E-state index contributed by atoms with van der Waals surface area (Å²) in [5.74, 6) is 0. The zero-order chi connectivity index (χ0) is 3.58. The molecule has 0 aromatic carbocycles. The minimum Gasteiger partial charge on any atom is -0.870 e. The normalized spacial score (nSPS) is 3.43. The molecule has 0 aliphatic carbocycles. The first-order chi connectivity index (χ1) is 1.73. The molecule has 0 aliphatic heterocycles. The van der Waals surface area contributed by atoms with E-state index in [0.717, 1.165) is 0 Å². The van der Waals surface area contributed by atoms with Gasteiger partial charge in [-0.05, 0) is 6.16 Å². The third kappa shape index (κ3) is 825. The van der Waals surface area contributed by atoms with Crippen LogP contribution in [-0.2, 0) is 19.5 Å². The molecule has 4 nitrogen and oxygen atoms in total. The molecule has 0 atom stereocenters. The molecule has 3 radical (unpaired) electrons. The van der Waals surface area contributed by atoms with Crippen molar-refractivity contribution in [2.75, 3.05) is 0 Å². The van der Waals surface area contributed by atoms with Crippen LogP contribution in [-0.4, -0.2) is 29.0 Å². The van der Waals surface area contributed by atoms with Gasteiger partial charge in [-0.1, -0.05) is 0 Å². The fourth-order valence-electron chi connectivity index (χ4n) is 0. The number of carbonyl (C=O) groups excluding carboxylic acids is 1. The Morgan fingerprint density at radius 2 is 1.29 bits per heavy atom. The van der Waals surface area contributed by atoms with E-state index in [0.29, 0.717) is 0 Å². The van der Waals surface area contributed by atoms with Crippen molar-refractivity contribution < 1.29 is 40.0 Å². The molecule has 35 valence electrons. The Balaban J connectivity index is -0.0000000150. The summed E-state index contributed by atoms with van der Waals surface area (Å²) in [7, 11) is 0. The van der Waals surface area contributed by atoms with Crippen LogP contribution in [0.5, 0.6) is 0 Å². The van der Waals surface area contributed by atoms with Crippen molar-refractivity contribution in [1.29, 1.82) is 0 Å². The van der Waals surface area contributed by atoms with E-state index in [1.165, 1.54) is 0 Å². The van der Waals surface area contributed by atoms with Gasteiger partial charge < -0.3 is 20.5 Å². The second-order valence-electron chi connectivity index (χ2n) is 0.250. The average molecular weight is 169 g/mol. The first-order valence-electron chi connectivity index (χ1n) is 0.612. The number of hydrogen-bond donors (Lipinski definition) is 0. The first kappa shape index (κ1) is 26.3. The van der Waals surface area contributed by atoms with Crippen LogP contribution in [0.2, 0.25) is 0 Å². The van der Waals surface area contributed by atoms with Crippen LogP contribution in [0.25, 0.3) is 0 Å². The topological polar surface area (TPSA) is 93.2 Å². The van der Waals surface area contributed by atoms with Crippen LogP contribution in [0, 0.1) is 0 Å². The van der Waals surface area contributed by atoms with Crippen LogP contribution >= 0.6 is 0 Å². The molecule has 7 heavy (non-hydrogen) atoms. The van der Waals surface area contributed by atoms with Crippen molar-refractivity contribution in [2.45, 2.75) is 0 Å². The van der Waals surface area contributed by atoms with Crippen LogP contribution in [0.1, 0.15) is 0 Å². The summed E-state index contributed by atoms with van der Waals surface area (Å²) in [4.78, 5) is 8.33. The predicted molar refractivity (Wildman–Crippen MR) is 13.1 cm³/mol. The summed E-state index contributed by atoms with van der Waals surface area (Å²) >= 11 is 0. The summed E-state index contributed by atoms with van der Waals surface area (Å²) < 4.78 is 0. The van der Waals surface area contributed by atoms with Gasteiger partial charge in [0.15, 0.2) is 0 Å². The zero-order valence-corrected chi connectivity index (χ0v) is 7.58. The number of carboxylic acid groups (broad SMARTS) is 2. The van der Waals surface area contributed by atoms with E-state index in [9.17, 15) is 0 Å². The SMILES string of the molecule is O=C([O-])[O-].[Al].[OH-].[Zn+2]. The van der Waals surface area contributed by atoms with Crippen LogP contribution in [0.4, 0.5) is 4.79 Å². The summed E-state index contributed by atoms with van der Waals surface area (Å²) in [6.07, 6.45) is -2.33. The Morgan fingerprint density at radius 3 is 1.29 bits per heavy atom. The fourth-order valence-corrected chi connectivity index (χ4v) is 0. The Morgan fingerprint density at radius 1 is 1.29 bits per heavy atom. The average Bonchev–Trinajstić information content (AvgIpc) is 0.811. The second kappa shape index (κ2) is 16.2. The van der Waals surface area contributed by atoms with Crippen LogP contribution in [0.3, 0.4) is 0 Å². The second-order valence-corrected chi connectivity index (χ2v) is 0.250. The molecule has 0 spiro atoms.